The molecule has 1 saturated heterocycles. The van der Waals surface area contributed by atoms with E-state index in [1.54, 1.807) is 0 Å². The molecule has 1 heterocycles. The number of carbonyl (C=O) groups is 2. The Balaban J connectivity index is 2.19. The molecule has 1 unspecified atom stereocenters. The highest BCUT2D eigenvalue weighted by Crippen LogP contribution is 2.48. The lowest BCUT2D eigenvalue weighted by atomic mass is 9.99. The van der Waals surface area contributed by atoms with Crippen molar-refractivity contribution in [3.63, 3.8) is 0 Å². The lowest BCUT2D eigenvalue weighted by molar-refractivity contribution is -0.270. The number of morpholine rings is 1. The summed E-state index contributed by atoms with van der Waals surface area (Å²) in [5, 5.41) is 2.41. The van der Waals surface area contributed by atoms with Gasteiger partial charge in [0.2, 0.25) is 11.8 Å². The Kier molecular flexibility index (Phi) is 3.72. The molecular formula is C13H19F3N2O3. The third kappa shape index (κ3) is 3.00. The number of hydrogen-bond acceptors (Lipinski definition) is 3. The molecule has 21 heavy (non-hydrogen) atoms. The second-order valence-corrected chi connectivity index (χ2v) is 6.25. The van der Waals surface area contributed by atoms with Crippen LogP contribution in [0.1, 0.15) is 26.7 Å². The minimum Gasteiger partial charge on any atom is -0.359 e. The fourth-order valence-corrected chi connectivity index (χ4v) is 2.71. The zero-order chi connectivity index (χ0) is 16.1. The maximum Gasteiger partial charge on any atom is 0.416 e. The van der Waals surface area contributed by atoms with Crippen molar-refractivity contribution in [3.05, 3.63) is 0 Å². The van der Waals surface area contributed by atoms with E-state index >= 15 is 0 Å². The summed E-state index contributed by atoms with van der Waals surface area (Å²) in [5.74, 6) is -0.965. The van der Waals surface area contributed by atoms with Gasteiger partial charge in [-0.3, -0.25) is 9.59 Å². The number of nitrogens with zero attached hydrogens (tertiary/aromatic N) is 1. The number of halogens is 3. The summed E-state index contributed by atoms with van der Waals surface area (Å²) in [6.45, 7) is 2.48. The van der Waals surface area contributed by atoms with E-state index in [1.165, 1.54) is 20.9 Å². The first-order valence-electron chi connectivity index (χ1n) is 6.78. The second kappa shape index (κ2) is 4.86. The molecule has 1 saturated carbocycles. The van der Waals surface area contributed by atoms with Crippen LogP contribution in [0.4, 0.5) is 13.2 Å². The molecular weight excluding hydrogens is 289 g/mol. The molecule has 2 amide bonds. The van der Waals surface area contributed by atoms with Gasteiger partial charge in [0.05, 0.1) is 12.1 Å². The van der Waals surface area contributed by atoms with Gasteiger partial charge in [-0.2, -0.15) is 13.2 Å². The van der Waals surface area contributed by atoms with Crippen LogP contribution in [-0.4, -0.2) is 54.7 Å². The van der Waals surface area contributed by atoms with Crippen LogP contribution in [0.3, 0.4) is 0 Å². The van der Waals surface area contributed by atoms with Gasteiger partial charge in [0.15, 0.2) is 6.10 Å². The molecule has 8 heteroatoms. The van der Waals surface area contributed by atoms with Gasteiger partial charge in [-0.05, 0) is 26.7 Å². The maximum absolute atomic E-state index is 12.9. The maximum atomic E-state index is 12.9. The summed E-state index contributed by atoms with van der Waals surface area (Å²) in [7, 11) is 1.41. The molecule has 2 fully saturated rings. The number of hydrogen-bond donors (Lipinski definition) is 1. The Labute approximate surface area is 120 Å². The van der Waals surface area contributed by atoms with E-state index in [2.05, 4.69) is 5.32 Å². The van der Waals surface area contributed by atoms with E-state index in [-0.39, 0.29) is 6.54 Å². The zero-order valence-corrected chi connectivity index (χ0v) is 12.2. The number of amides is 2. The van der Waals surface area contributed by atoms with Crippen LogP contribution >= 0.6 is 0 Å². The summed E-state index contributed by atoms with van der Waals surface area (Å²) < 4.78 is 43.8. The Morgan fingerprint density at radius 1 is 1.29 bits per heavy atom. The number of carbonyl (C=O) groups excluding carboxylic acids is 2. The molecule has 0 spiro atoms. The molecule has 5 nitrogen and oxygen atoms in total. The lowest BCUT2D eigenvalue weighted by Crippen LogP contribution is -2.60. The van der Waals surface area contributed by atoms with Gasteiger partial charge in [0, 0.05) is 13.6 Å². The van der Waals surface area contributed by atoms with Crippen molar-refractivity contribution in [1.29, 1.82) is 0 Å². The van der Waals surface area contributed by atoms with Crippen LogP contribution in [0.25, 0.3) is 0 Å². The summed E-state index contributed by atoms with van der Waals surface area (Å²) in [4.78, 5) is 25.4. The van der Waals surface area contributed by atoms with Gasteiger partial charge >= 0.3 is 6.18 Å². The minimum absolute atomic E-state index is 0.0388. The number of ether oxygens (including phenoxy) is 1. The highest BCUT2D eigenvalue weighted by atomic mass is 19.4. The lowest BCUT2D eigenvalue weighted by Gasteiger charge is -2.44. The molecule has 0 aromatic heterocycles. The molecule has 1 N–H and O–H groups in total. The van der Waals surface area contributed by atoms with Gasteiger partial charge in [-0.1, -0.05) is 0 Å². The van der Waals surface area contributed by atoms with Gasteiger partial charge in [0.1, 0.15) is 5.41 Å². The molecule has 120 valence electrons. The van der Waals surface area contributed by atoms with Crippen molar-refractivity contribution in [3.8, 4) is 0 Å². The molecule has 0 aromatic rings. The monoisotopic (exact) mass is 308 g/mol. The topological polar surface area (TPSA) is 58.6 Å². The van der Waals surface area contributed by atoms with E-state index in [0.29, 0.717) is 12.8 Å². The normalized spacial score (nSPS) is 27.1. The number of rotatable bonds is 2. The predicted octanol–water partition coefficient (Wildman–Crippen LogP) is 1.08. The number of nitrogens with one attached hydrogen (secondary N) is 1. The molecule has 2 aliphatic rings. The SMILES string of the molecule is CNC(=O)C1(C(=O)N2CC(C(F)(F)F)OC(C)(C)C2)CC1. The van der Waals surface area contributed by atoms with Crippen molar-refractivity contribution in [1.82, 2.24) is 10.2 Å². The van der Waals surface area contributed by atoms with Crippen LogP contribution in [0, 0.1) is 5.41 Å². The Morgan fingerprint density at radius 3 is 2.29 bits per heavy atom. The molecule has 0 radical (unpaired) electrons. The third-order valence-corrected chi connectivity index (χ3v) is 3.89. The highest BCUT2D eigenvalue weighted by molar-refractivity contribution is 6.07. The van der Waals surface area contributed by atoms with E-state index in [0.717, 1.165) is 4.90 Å². The first-order valence-corrected chi connectivity index (χ1v) is 6.78. The average molecular weight is 308 g/mol. The highest BCUT2D eigenvalue weighted by Gasteiger charge is 2.60. The summed E-state index contributed by atoms with van der Waals surface area (Å²) >= 11 is 0. The van der Waals surface area contributed by atoms with Crippen molar-refractivity contribution >= 4 is 11.8 Å². The van der Waals surface area contributed by atoms with E-state index in [4.69, 9.17) is 4.74 Å². The fourth-order valence-electron chi connectivity index (χ4n) is 2.71. The van der Waals surface area contributed by atoms with Crippen molar-refractivity contribution in [2.45, 2.75) is 44.6 Å². The Morgan fingerprint density at radius 2 is 1.86 bits per heavy atom. The molecule has 1 aliphatic carbocycles. The standard InChI is InChI=1S/C13H19F3N2O3/c1-11(2)7-18(6-8(21-11)13(14,15)16)10(20)12(4-5-12)9(19)17-3/h8H,4-7H2,1-3H3,(H,17,19). The first kappa shape index (κ1) is 16.1. The summed E-state index contributed by atoms with van der Waals surface area (Å²) in [6, 6.07) is 0. The molecule has 0 bridgehead atoms. The van der Waals surface area contributed by atoms with Gasteiger partial charge in [-0.25, -0.2) is 0 Å². The van der Waals surface area contributed by atoms with Crippen LogP contribution in [0.2, 0.25) is 0 Å². The van der Waals surface area contributed by atoms with Crippen LogP contribution in [0.5, 0.6) is 0 Å². The van der Waals surface area contributed by atoms with Crippen molar-refractivity contribution < 1.29 is 27.5 Å². The Bertz CT molecular complexity index is 458. The van der Waals surface area contributed by atoms with Gasteiger partial charge in [0.25, 0.3) is 0 Å². The fraction of sp³-hybridized carbons (Fsp3) is 0.846. The van der Waals surface area contributed by atoms with Crippen molar-refractivity contribution in [2.24, 2.45) is 5.41 Å². The van der Waals surface area contributed by atoms with Crippen molar-refractivity contribution in [2.75, 3.05) is 20.1 Å². The van der Waals surface area contributed by atoms with Crippen LogP contribution in [-0.2, 0) is 14.3 Å². The van der Waals surface area contributed by atoms with E-state index in [9.17, 15) is 22.8 Å². The van der Waals surface area contributed by atoms with Crippen LogP contribution < -0.4 is 5.32 Å². The molecule has 0 aromatic carbocycles. The minimum atomic E-state index is -4.54. The number of alkyl halides is 3. The van der Waals surface area contributed by atoms with Crippen LogP contribution in [0.15, 0.2) is 0 Å². The Hall–Kier alpha value is -1.31. The predicted molar refractivity (Wildman–Crippen MR) is 67.3 cm³/mol. The molecule has 1 aliphatic heterocycles. The quantitative estimate of drug-likeness (QED) is 0.777. The average Bonchev–Trinajstić information content (AvgIpc) is 3.15. The summed E-state index contributed by atoms with van der Waals surface area (Å²) in [6.07, 6.45) is -5.81. The van der Waals surface area contributed by atoms with Gasteiger partial charge in [-0.15, -0.1) is 0 Å². The smallest absolute Gasteiger partial charge is 0.359 e. The van der Waals surface area contributed by atoms with Gasteiger partial charge < -0.3 is 15.0 Å². The third-order valence-electron chi connectivity index (χ3n) is 3.89. The first-order chi connectivity index (χ1) is 9.52. The largest absolute Gasteiger partial charge is 0.416 e. The summed E-state index contributed by atoms with van der Waals surface area (Å²) in [5.41, 5.74) is -2.29. The van der Waals surface area contributed by atoms with E-state index in [1.807, 2.05) is 0 Å². The zero-order valence-electron chi connectivity index (χ0n) is 12.2. The van der Waals surface area contributed by atoms with E-state index < -0.39 is 41.7 Å². The molecule has 1 atom stereocenters. The molecule has 2 rings (SSSR count). The second-order valence-electron chi connectivity index (χ2n) is 6.25.